The summed E-state index contributed by atoms with van der Waals surface area (Å²) in [4.78, 5) is 51.3. The number of hydrogen-bond acceptors (Lipinski definition) is 11. The summed E-state index contributed by atoms with van der Waals surface area (Å²) in [7, 11) is 0. The number of allylic oxidation sites excluding steroid dienone is 16. The number of carbonyl (C=O) groups excluding carboxylic acids is 3. The summed E-state index contributed by atoms with van der Waals surface area (Å²) in [6.45, 7) is 5.74. The highest BCUT2D eigenvalue weighted by molar-refractivity contribution is 5.74. The molecular formula is C67H110O12. The molecule has 0 bridgehead atoms. The van der Waals surface area contributed by atoms with Crippen LogP contribution in [0, 0.1) is 0 Å². The van der Waals surface area contributed by atoms with E-state index in [-0.39, 0.29) is 25.9 Å². The van der Waals surface area contributed by atoms with Gasteiger partial charge in [-0.15, -0.1) is 0 Å². The maximum Gasteiger partial charge on any atom is 0.335 e. The number of aliphatic carboxylic acids is 1. The zero-order valence-corrected chi connectivity index (χ0v) is 49.6. The fourth-order valence-corrected chi connectivity index (χ4v) is 8.90. The lowest BCUT2D eigenvalue weighted by Gasteiger charge is -2.40. The molecule has 79 heavy (non-hydrogen) atoms. The van der Waals surface area contributed by atoms with Gasteiger partial charge in [-0.2, -0.15) is 0 Å². The molecule has 0 saturated carbocycles. The first-order valence-electron chi connectivity index (χ1n) is 31.2. The summed E-state index contributed by atoms with van der Waals surface area (Å²) < 4.78 is 28.5. The minimum absolute atomic E-state index is 0.0420. The number of aliphatic hydroxyl groups excluding tert-OH is 2. The topological polar surface area (TPSA) is 175 Å². The lowest BCUT2D eigenvalue weighted by atomic mass is 9.98. The second-order valence-corrected chi connectivity index (χ2v) is 20.9. The molecule has 1 heterocycles. The van der Waals surface area contributed by atoms with E-state index in [2.05, 4.69) is 118 Å². The minimum Gasteiger partial charge on any atom is -0.479 e. The number of carboxylic acids is 1. The second-order valence-electron chi connectivity index (χ2n) is 20.9. The van der Waals surface area contributed by atoms with Gasteiger partial charge < -0.3 is 39.0 Å². The van der Waals surface area contributed by atoms with Crippen molar-refractivity contribution in [1.82, 2.24) is 0 Å². The maximum absolute atomic E-state index is 13.2. The van der Waals surface area contributed by atoms with Gasteiger partial charge in [-0.05, 0) is 116 Å². The standard InChI is InChI=1S/C67H110O12/c1-4-7-10-13-16-19-22-25-28-30-33-35-38-41-44-47-50-53-59(68)75-56-58(77-60(69)54-51-48-45-42-39-36-32-27-24-21-18-15-12-9-6-3)57-76-67-65(63(72)62(71)64(79-67)66(73)74)78-61(70)55-52-49-46-43-40-37-34-31-29-26-23-20-17-14-11-8-5-2/h7-8,10-11,16-17,19-20,25-29,32-33,35,58,62-65,67,71-72H,4-6,9,12-15,18,21-24,30-31,34,36-57H2,1-3H3,(H,73,74)/b10-7-,11-8-,19-16-,20-17-,28-25-,29-26-,32-27-,35-33-. The van der Waals surface area contributed by atoms with E-state index in [4.69, 9.17) is 23.7 Å². The molecule has 3 N–H and O–H groups in total. The van der Waals surface area contributed by atoms with Gasteiger partial charge in [0.15, 0.2) is 24.6 Å². The van der Waals surface area contributed by atoms with Crippen LogP contribution in [0.3, 0.4) is 0 Å². The Morgan fingerprint density at radius 1 is 0.430 bits per heavy atom. The molecule has 0 aromatic heterocycles. The zero-order chi connectivity index (χ0) is 57.5. The summed E-state index contributed by atoms with van der Waals surface area (Å²) in [5.74, 6) is -3.18. The molecule has 0 aliphatic carbocycles. The summed E-state index contributed by atoms with van der Waals surface area (Å²) in [6.07, 6.45) is 59.3. The van der Waals surface area contributed by atoms with E-state index in [0.29, 0.717) is 19.3 Å². The molecule has 6 atom stereocenters. The summed E-state index contributed by atoms with van der Waals surface area (Å²) in [6, 6.07) is 0. The summed E-state index contributed by atoms with van der Waals surface area (Å²) in [5, 5.41) is 31.6. The van der Waals surface area contributed by atoms with Crippen LogP contribution in [0.5, 0.6) is 0 Å². The zero-order valence-electron chi connectivity index (χ0n) is 49.6. The monoisotopic (exact) mass is 1110 g/mol. The molecule has 450 valence electrons. The fraction of sp³-hybridized carbons (Fsp3) is 0.701. The van der Waals surface area contributed by atoms with E-state index >= 15 is 0 Å². The first kappa shape index (κ1) is 72.7. The molecule has 0 radical (unpaired) electrons. The Labute approximate surface area is 479 Å². The van der Waals surface area contributed by atoms with E-state index < -0.39 is 67.3 Å². The SMILES string of the molecule is CC/C=C\C/C=C\C/C=C\C/C=C\CCCCCCC(=O)OCC(COC1OC(C(=O)O)C(O)C(O)C1OC(=O)CCCCCCCCC/C=C\C/C=C\C/C=C\CC)OC(=O)CCCCCCC/C=C\CCCCCCCC. The van der Waals surface area contributed by atoms with Crippen LogP contribution in [0.2, 0.25) is 0 Å². The fourth-order valence-electron chi connectivity index (χ4n) is 8.90. The molecule has 12 nitrogen and oxygen atoms in total. The number of carbonyl (C=O) groups is 4. The van der Waals surface area contributed by atoms with Crippen LogP contribution in [0.15, 0.2) is 97.2 Å². The number of unbranched alkanes of at least 4 members (excludes halogenated alkanes) is 22. The largest absolute Gasteiger partial charge is 0.479 e. The third-order valence-corrected chi connectivity index (χ3v) is 13.6. The highest BCUT2D eigenvalue weighted by Crippen LogP contribution is 2.26. The third kappa shape index (κ3) is 44.0. The van der Waals surface area contributed by atoms with E-state index in [1.807, 2.05) is 0 Å². The smallest absolute Gasteiger partial charge is 0.335 e. The summed E-state index contributed by atoms with van der Waals surface area (Å²) in [5.41, 5.74) is 0. The van der Waals surface area contributed by atoms with Crippen molar-refractivity contribution in [2.45, 2.75) is 289 Å². The molecule has 1 fully saturated rings. The quantitative estimate of drug-likeness (QED) is 0.0228. The Morgan fingerprint density at radius 2 is 0.797 bits per heavy atom. The molecule has 0 aromatic rings. The van der Waals surface area contributed by atoms with E-state index in [1.54, 1.807) is 0 Å². The van der Waals surface area contributed by atoms with Crippen LogP contribution >= 0.6 is 0 Å². The number of carboxylic acid groups (broad SMARTS) is 1. The van der Waals surface area contributed by atoms with E-state index in [0.717, 1.165) is 154 Å². The van der Waals surface area contributed by atoms with Gasteiger partial charge in [-0.25, -0.2) is 4.79 Å². The first-order chi connectivity index (χ1) is 38.6. The van der Waals surface area contributed by atoms with Gasteiger partial charge in [-0.3, -0.25) is 14.4 Å². The predicted molar refractivity (Wildman–Crippen MR) is 321 cm³/mol. The van der Waals surface area contributed by atoms with Gasteiger partial charge in [0.25, 0.3) is 0 Å². The van der Waals surface area contributed by atoms with Crippen molar-refractivity contribution in [2.24, 2.45) is 0 Å². The number of rotatable bonds is 52. The van der Waals surface area contributed by atoms with Crippen molar-refractivity contribution >= 4 is 23.9 Å². The van der Waals surface area contributed by atoms with Crippen LogP contribution in [0.1, 0.15) is 252 Å². The molecule has 0 spiro atoms. The van der Waals surface area contributed by atoms with Crippen molar-refractivity contribution in [3.05, 3.63) is 97.2 Å². The van der Waals surface area contributed by atoms with Crippen LogP contribution in [0.25, 0.3) is 0 Å². The summed E-state index contributed by atoms with van der Waals surface area (Å²) >= 11 is 0. The third-order valence-electron chi connectivity index (χ3n) is 13.6. The number of hydrogen-bond donors (Lipinski definition) is 3. The predicted octanol–water partition coefficient (Wildman–Crippen LogP) is 16.5. The highest BCUT2D eigenvalue weighted by atomic mass is 16.7. The van der Waals surface area contributed by atoms with Crippen LogP contribution in [0.4, 0.5) is 0 Å². The molecule has 1 rings (SSSR count). The Kier molecular flexibility index (Phi) is 49.9. The van der Waals surface area contributed by atoms with Crippen molar-refractivity contribution in [1.29, 1.82) is 0 Å². The van der Waals surface area contributed by atoms with E-state index in [1.165, 1.54) is 38.5 Å². The van der Waals surface area contributed by atoms with Gasteiger partial charge in [0, 0.05) is 19.3 Å². The van der Waals surface area contributed by atoms with Gasteiger partial charge in [-0.1, -0.05) is 214 Å². The van der Waals surface area contributed by atoms with Gasteiger partial charge in [0.05, 0.1) is 6.61 Å². The average molecular weight is 1110 g/mol. The average Bonchev–Trinajstić information content (AvgIpc) is 3.47. The number of ether oxygens (including phenoxy) is 5. The lowest BCUT2D eigenvalue weighted by Crippen LogP contribution is -2.61. The molecule has 0 aromatic carbocycles. The Balaban J connectivity index is 2.70. The highest BCUT2D eigenvalue weighted by Gasteiger charge is 2.50. The van der Waals surface area contributed by atoms with Crippen molar-refractivity contribution < 1.29 is 58.2 Å². The van der Waals surface area contributed by atoms with Crippen molar-refractivity contribution in [3.8, 4) is 0 Å². The van der Waals surface area contributed by atoms with Gasteiger partial charge in [0.2, 0.25) is 0 Å². The second kappa shape index (κ2) is 54.2. The Bertz CT molecular complexity index is 1740. The normalized spacial score (nSPS) is 18.5. The molecule has 1 aliphatic rings. The molecule has 1 saturated heterocycles. The molecule has 6 unspecified atom stereocenters. The molecule has 1 aliphatic heterocycles. The number of esters is 3. The van der Waals surface area contributed by atoms with Crippen LogP contribution < -0.4 is 0 Å². The van der Waals surface area contributed by atoms with Crippen LogP contribution in [-0.2, 0) is 42.9 Å². The molecule has 12 heteroatoms. The van der Waals surface area contributed by atoms with Gasteiger partial charge in [0.1, 0.15) is 18.8 Å². The van der Waals surface area contributed by atoms with E-state index in [9.17, 15) is 34.5 Å². The molecule has 0 amide bonds. The maximum atomic E-state index is 13.2. The first-order valence-corrected chi connectivity index (χ1v) is 31.2. The van der Waals surface area contributed by atoms with Gasteiger partial charge >= 0.3 is 23.9 Å². The van der Waals surface area contributed by atoms with Crippen LogP contribution in [-0.4, -0.2) is 89.2 Å². The Morgan fingerprint density at radius 3 is 1.23 bits per heavy atom. The minimum atomic E-state index is -1.92. The molecular weight excluding hydrogens is 997 g/mol. The Hall–Kier alpha value is -4.36. The number of aliphatic hydroxyl groups is 2. The van der Waals surface area contributed by atoms with Crippen molar-refractivity contribution in [2.75, 3.05) is 13.2 Å². The van der Waals surface area contributed by atoms with Crippen molar-refractivity contribution in [3.63, 3.8) is 0 Å². The lowest BCUT2D eigenvalue weighted by molar-refractivity contribution is -0.301.